The first-order chi connectivity index (χ1) is 16.3. The average molecular weight is 470 g/mol. The largest absolute Gasteiger partial charge is 0.447 e. The number of carbonyl (C=O) groups excluding carboxylic acids is 2. The minimum atomic E-state index is -0.732. The molecule has 1 heterocycles. The third-order valence-electron chi connectivity index (χ3n) is 4.50. The van der Waals surface area contributed by atoms with Crippen molar-refractivity contribution in [1.29, 1.82) is 0 Å². The molecule has 2 aromatic carbocycles. The van der Waals surface area contributed by atoms with Crippen LogP contribution >= 0.6 is 0 Å². The van der Waals surface area contributed by atoms with Crippen molar-refractivity contribution >= 4 is 12.0 Å². The van der Waals surface area contributed by atoms with Crippen molar-refractivity contribution in [3.05, 3.63) is 89.1 Å². The summed E-state index contributed by atoms with van der Waals surface area (Å²) in [5, 5.41) is 5.28. The highest BCUT2D eigenvalue weighted by atomic mass is 19.1. The molecular weight excluding hydrogens is 440 g/mol. The number of benzene rings is 2. The van der Waals surface area contributed by atoms with Gasteiger partial charge in [0.15, 0.2) is 0 Å². The normalized spacial score (nSPS) is 10.2. The summed E-state index contributed by atoms with van der Waals surface area (Å²) < 4.78 is 31.9. The average Bonchev–Trinajstić information content (AvgIpc) is 2.83. The van der Waals surface area contributed by atoms with Gasteiger partial charge >= 0.3 is 6.09 Å². The quantitative estimate of drug-likeness (QED) is 0.471. The van der Waals surface area contributed by atoms with Crippen LogP contribution in [0.3, 0.4) is 0 Å². The summed E-state index contributed by atoms with van der Waals surface area (Å²) >= 11 is 0. The first kappa shape index (κ1) is 26.4. The van der Waals surface area contributed by atoms with E-state index in [9.17, 15) is 18.4 Å². The van der Waals surface area contributed by atoms with Crippen LogP contribution in [0.1, 0.15) is 49.3 Å². The van der Waals surface area contributed by atoms with Gasteiger partial charge in [-0.3, -0.25) is 4.79 Å². The monoisotopic (exact) mass is 469 g/mol. The molecule has 0 aliphatic carbocycles. The second-order valence-corrected chi connectivity index (χ2v) is 7.29. The molecule has 1 aromatic heterocycles. The Morgan fingerprint density at radius 2 is 1.62 bits per heavy atom. The van der Waals surface area contributed by atoms with Crippen molar-refractivity contribution in [1.82, 2.24) is 15.6 Å². The summed E-state index contributed by atoms with van der Waals surface area (Å²) in [5.74, 6) is -1.91. The fourth-order valence-corrected chi connectivity index (χ4v) is 2.99. The van der Waals surface area contributed by atoms with Crippen molar-refractivity contribution in [2.45, 2.75) is 46.9 Å². The number of rotatable bonds is 7. The van der Waals surface area contributed by atoms with Crippen LogP contribution in [0.25, 0.3) is 11.3 Å². The fraction of sp³-hybridized carbons (Fsp3) is 0.269. The van der Waals surface area contributed by atoms with Gasteiger partial charge in [0.1, 0.15) is 17.3 Å². The highest BCUT2D eigenvalue weighted by molar-refractivity contribution is 5.92. The molecule has 0 radical (unpaired) electrons. The molecule has 34 heavy (non-hydrogen) atoms. The minimum Gasteiger partial charge on any atom is -0.447 e. The molecule has 3 aromatic rings. The Kier molecular flexibility index (Phi) is 10.1. The molecule has 6 nitrogen and oxygen atoms in total. The van der Waals surface area contributed by atoms with Crippen LogP contribution in [0, 0.1) is 11.6 Å². The number of hydrogen-bond donors (Lipinski definition) is 2. The molecule has 0 atom stereocenters. The summed E-state index contributed by atoms with van der Waals surface area (Å²) in [6, 6.07) is 15.5. The van der Waals surface area contributed by atoms with Crippen molar-refractivity contribution in [3.8, 4) is 11.3 Å². The Hall–Kier alpha value is -3.81. The fourth-order valence-electron chi connectivity index (χ4n) is 2.99. The molecule has 8 heteroatoms. The number of amides is 2. The maximum atomic E-state index is 13.8. The van der Waals surface area contributed by atoms with Gasteiger partial charge in [-0.15, -0.1) is 0 Å². The molecule has 2 amide bonds. The molecule has 0 bridgehead atoms. The van der Waals surface area contributed by atoms with Gasteiger partial charge in [-0.05, 0) is 37.6 Å². The summed E-state index contributed by atoms with van der Waals surface area (Å²) in [6.45, 7) is 7.65. The Balaban J connectivity index is 0.00000199. The third-order valence-corrected chi connectivity index (χ3v) is 4.50. The SMILES string of the molecule is CC.CC(C)OC(=O)NCc1ccccc1-c1cccc(C(=O)NCc2ccc(F)cc2F)n1. The van der Waals surface area contributed by atoms with Crippen molar-refractivity contribution in [2.75, 3.05) is 0 Å². The van der Waals surface area contributed by atoms with E-state index in [1.165, 1.54) is 6.07 Å². The second kappa shape index (κ2) is 13.0. The van der Waals surface area contributed by atoms with Gasteiger partial charge < -0.3 is 15.4 Å². The summed E-state index contributed by atoms with van der Waals surface area (Å²) in [6.07, 6.45) is -0.755. The van der Waals surface area contributed by atoms with Crippen LogP contribution in [-0.2, 0) is 17.8 Å². The molecule has 0 fully saturated rings. The zero-order valence-corrected chi connectivity index (χ0v) is 19.7. The molecule has 3 rings (SSSR count). The Bertz CT molecular complexity index is 1120. The summed E-state index contributed by atoms with van der Waals surface area (Å²) in [7, 11) is 0. The Morgan fingerprint density at radius 3 is 2.32 bits per heavy atom. The smallest absolute Gasteiger partial charge is 0.407 e. The summed E-state index contributed by atoms with van der Waals surface area (Å²) in [5.41, 5.74) is 2.40. The topological polar surface area (TPSA) is 80.3 Å². The van der Waals surface area contributed by atoms with E-state index < -0.39 is 23.6 Å². The highest BCUT2D eigenvalue weighted by Crippen LogP contribution is 2.22. The van der Waals surface area contributed by atoms with Gasteiger partial charge in [0.2, 0.25) is 0 Å². The van der Waals surface area contributed by atoms with Gasteiger partial charge in [0, 0.05) is 30.3 Å². The first-order valence-corrected chi connectivity index (χ1v) is 11.1. The van der Waals surface area contributed by atoms with Gasteiger partial charge in [0.25, 0.3) is 5.91 Å². The molecule has 0 saturated carbocycles. The molecule has 2 N–H and O–H groups in total. The van der Waals surface area contributed by atoms with Crippen molar-refractivity contribution in [2.24, 2.45) is 0 Å². The van der Waals surface area contributed by atoms with Crippen LogP contribution in [-0.4, -0.2) is 23.1 Å². The van der Waals surface area contributed by atoms with Crippen LogP contribution in [0.15, 0.2) is 60.7 Å². The van der Waals surface area contributed by atoms with Crippen molar-refractivity contribution in [3.63, 3.8) is 0 Å². The number of pyridine rings is 1. The Labute approximate surface area is 198 Å². The van der Waals surface area contributed by atoms with E-state index in [2.05, 4.69) is 15.6 Å². The zero-order chi connectivity index (χ0) is 25.1. The third kappa shape index (κ3) is 7.65. The van der Waals surface area contributed by atoms with Crippen LogP contribution in [0.4, 0.5) is 13.6 Å². The number of hydrogen-bond acceptors (Lipinski definition) is 4. The lowest BCUT2D eigenvalue weighted by atomic mass is 10.0. The van der Waals surface area contributed by atoms with Gasteiger partial charge in [-0.25, -0.2) is 18.6 Å². The van der Waals surface area contributed by atoms with E-state index >= 15 is 0 Å². The van der Waals surface area contributed by atoms with E-state index in [1.807, 2.05) is 38.1 Å². The molecular formula is C26H29F2N3O3. The van der Waals surface area contributed by atoms with Crippen LogP contribution in [0.5, 0.6) is 0 Å². The van der Waals surface area contributed by atoms with E-state index in [0.717, 1.165) is 23.3 Å². The van der Waals surface area contributed by atoms with E-state index in [4.69, 9.17) is 4.74 Å². The van der Waals surface area contributed by atoms with Crippen LogP contribution < -0.4 is 10.6 Å². The number of nitrogens with one attached hydrogen (secondary N) is 2. The first-order valence-electron chi connectivity index (χ1n) is 11.1. The van der Waals surface area contributed by atoms with E-state index in [1.54, 1.807) is 32.0 Å². The number of halogens is 2. The van der Waals surface area contributed by atoms with E-state index in [-0.39, 0.29) is 30.5 Å². The van der Waals surface area contributed by atoms with Crippen LogP contribution in [0.2, 0.25) is 0 Å². The Morgan fingerprint density at radius 1 is 0.912 bits per heavy atom. The minimum absolute atomic E-state index is 0.102. The number of aromatic nitrogens is 1. The van der Waals surface area contributed by atoms with E-state index in [0.29, 0.717) is 5.69 Å². The maximum absolute atomic E-state index is 13.8. The number of carbonyl (C=O) groups is 2. The lowest BCUT2D eigenvalue weighted by Crippen LogP contribution is -2.26. The molecule has 0 saturated heterocycles. The number of nitrogens with zero attached hydrogens (tertiary/aromatic N) is 1. The molecule has 0 aliphatic heterocycles. The highest BCUT2D eigenvalue weighted by Gasteiger charge is 2.13. The lowest BCUT2D eigenvalue weighted by molar-refractivity contribution is 0.0945. The predicted octanol–water partition coefficient (Wildman–Crippen LogP) is 5.62. The van der Waals surface area contributed by atoms with Gasteiger partial charge in [-0.2, -0.15) is 0 Å². The number of alkyl carbamates (subject to hydrolysis) is 1. The van der Waals surface area contributed by atoms with Gasteiger partial charge in [0.05, 0.1) is 11.8 Å². The molecule has 0 unspecified atom stereocenters. The maximum Gasteiger partial charge on any atom is 0.407 e. The number of ether oxygens (including phenoxy) is 1. The molecule has 0 aliphatic rings. The summed E-state index contributed by atoms with van der Waals surface area (Å²) in [4.78, 5) is 28.8. The standard InChI is InChI=1S/C24H23F2N3O3.C2H6/c1-15(2)32-24(31)28-13-16-6-3-4-7-19(16)21-8-5-9-22(29-21)23(30)27-14-17-10-11-18(25)12-20(17)26;1-2/h3-12,15H,13-14H2,1-2H3,(H,27,30)(H,28,31);1-2H3. The predicted molar refractivity (Wildman–Crippen MR) is 127 cm³/mol. The lowest BCUT2D eigenvalue weighted by Gasteiger charge is -2.13. The van der Waals surface area contributed by atoms with Crippen molar-refractivity contribution < 1.29 is 23.1 Å². The second-order valence-electron chi connectivity index (χ2n) is 7.29. The zero-order valence-electron chi connectivity index (χ0n) is 19.7. The molecule has 0 spiro atoms. The van der Waals surface area contributed by atoms with Gasteiger partial charge in [-0.1, -0.05) is 50.2 Å². The molecule has 180 valence electrons.